The summed E-state index contributed by atoms with van der Waals surface area (Å²) >= 11 is 0. The SMILES string of the molecule is Cc1cc(COC(=O)C2CC(=O)Nc3cc(F)ccc32)on1. The van der Waals surface area contributed by atoms with Crippen molar-refractivity contribution in [2.45, 2.75) is 25.9 Å². The maximum absolute atomic E-state index is 13.2. The first-order chi connectivity index (χ1) is 10.5. The van der Waals surface area contributed by atoms with Crippen molar-refractivity contribution < 1.29 is 23.2 Å². The maximum Gasteiger partial charge on any atom is 0.314 e. The number of anilines is 1. The zero-order chi connectivity index (χ0) is 15.7. The van der Waals surface area contributed by atoms with E-state index in [0.29, 0.717) is 22.7 Å². The molecule has 1 aliphatic rings. The Balaban J connectivity index is 1.76. The summed E-state index contributed by atoms with van der Waals surface area (Å²) in [5, 5.41) is 6.24. The average Bonchev–Trinajstić information content (AvgIpc) is 2.89. The van der Waals surface area contributed by atoms with E-state index in [9.17, 15) is 14.0 Å². The molecule has 0 saturated heterocycles. The number of nitrogens with zero attached hydrogens (tertiary/aromatic N) is 1. The number of carbonyl (C=O) groups is 2. The molecule has 3 rings (SSSR count). The van der Waals surface area contributed by atoms with Gasteiger partial charge in [-0.2, -0.15) is 0 Å². The Bertz CT molecular complexity index is 741. The van der Waals surface area contributed by atoms with E-state index in [4.69, 9.17) is 9.26 Å². The van der Waals surface area contributed by atoms with Crippen LogP contribution in [0.3, 0.4) is 0 Å². The number of fused-ring (bicyclic) bond motifs is 1. The molecule has 6 nitrogen and oxygen atoms in total. The molecule has 1 aliphatic heterocycles. The molecule has 0 saturated carbocycles. The van der Waals surface area contributed by atoms with E-state index in [1.54, 1.807) is 13.0 Å². The molecular formula is C15H13FN2O4. The molecule has 0 fully saturated rings. The van der Waals surface area contributed by atoms with Crippen LogP contribution >= 0.6 is 0 Å². The molecule has 22 heavy (non-hydrogen) atoms. The topological polar surface area (TPSA) is 81.4 Å². The predicted octanol–water partition coefficient (Wildman–Crippen LogP) is 2.29. The van der Waals surface area contributed by atoms with E-state index in [0.717, 1.165) is 0 Å². The van der Waals surface area contributed by atoms with Crippen LogP contribution in [0.15, 0.2) is 28.8 Å². The van der Waals surface area contributed by atoms with Gasteiger partial charge in [0.1, 0.15) is 5.82 Å². The molecule has 0 spiro atoms. The second-order valence-electron chi connectivity index (χ2n) is 5.08. The fourth-order valence-corrected chi connectivity index (χ4v) is 2.37. The highest BCUT2D eigenvalue weighted by Crippen LogP contribution is 2.33. The minimum Gasteiger partial charge on any atom is -0.457 e. The van der Waals surface area contributed by atoms with E-state index >= 15 is 0 Å². The van der Waals surface area contributed by atoms with Gasteiger partial charge in [-0.3, -0.25) is 9.59 Å². The molecule has 1 atom stereocenters. The van der Waals surface area contributed by atoms with Crippen molar-refractivity contribution in [3.8, 4) is 0 Å². The normalized spacial score (nSPS) is 16.8. The number of carbonyl (C=O) groups excluding carboxylic acids is 2. The molecule has 114 valence electrons. The lowest BCUT2D eigenvalue weighted by molar-refractivity contribution is -0.148. The number of halogens is 1. The largest absolute Gasteiger partial charge is 0.457 e. The van der Waals surface area contributed by atoms with Crippen LogP contribution < -0.4 is 5.32 Å². The first kappa shape index (κ1) is 14.2. The Hall–Kier alpha value is -2.70. The van der Waals surface area contributed by atoms with Gasteiger partial charge in [0.15, 0.2) is 12.4 Å². The number of benzene rings is 1. The number of rotatable bonds is 3. The quantitative estimate of drug-likeness (QED) is 0.880. The Kier molecular flexibility index (Phi) is 3.62. The van der Waals surface area contributed by atoms with Crippen molar-refractivity contribution in [3.05, 3.63) is 47.1 Å². The molecule has 1 aromatic carbocycles. The third-order valence-electron chi connectivity index (χ3n) is 3.37. The number of aromatic nitrogens is 1. The van der Waals surface area contributed by atoms with Gasteiger partial charge in [0.25, 0.3) is 0 Å². The fraction of sp³-hybridized carbons (Fsp3) is 0.267. The highest BCUT2D eigenvalue weighted by atomic mass is 19.1. The highest BCUT2D eigenvalue weighted by Gasteiger charge is 2.32. The van der Waals surface area contributed by atoms with Crippen molar-refractivity contribution in [1.29, 1.82) is 0 Å². The van der Waals surface area contributed by atoms with Gasteiger partial charge in [0.2, 0.25) is 5.91 Å². The third-order valence-corrected chi connectivity index (χ3v) is 3.37. The number of aryl methyl sites for hydroxylation is 1. The van der Waals surface area contributed by atoms with E-state index in [-0.39, 0.29) is 18.9 Å². The van der Waals surface area contributed by atoms with Crippen molar-refractivity contribution >= 4 is 17.6 Å². The molecular weight excluding hydrogens is 291 g/mol. The molecule has 0 bridgehead atoms. The summed E-state index contributed by atoms with van der Waals surface area (Å²) in [4.78, 5) is 23.9. The lowest BCUT2D eigenvalue weighted by Gasteiger charge is -2.24. The van der Waals surface area contributed by atoms with Gasteiger partial charge in [0, 0.05) is 18.2 Å². The van der Waals surface area contributed by atoms with E-state index in [1.165, 1.54) is 18.2 Å². The summed E-state index contributed by atoms with van der Waals surface area (Å²) in [6.07, 6.45) is -0.0348. The fourth-order valence-electron chi connectivity index (χ4n) is 2.37. The second-order valence-corrected chi connectivity index (χ2v) is 5.08. The van der Waals surface area contributed by atoms with Gasteiger partial charge in [-0.05, 0) is 24.6 Å². The molecule has 7 heteroatoms. The summed E-state index contributed by atoms with van der Waals surface area (Å²) < 4.78 is 23.4. The predicted molar refractivity (Wildman–Crippen MR) is 73.4 cm³/mol. The smallest absolute Gasteiger partial charge is 0.314 e. The molecule has 0 aliphatic carbocycles. The molecule has 1 amide bonds. The molecule has 1 unspecified atom stereocenters. The Morgan fingerprint density at radius 3 is 3.05 bits per heavy atom. The summed E-state index contributed by atoms with van der Waals surface area (Å²) in [5.74, 6) is -1.73. The number of esters is 1. The van der Waals surface area contributed by atoms with Gasteiger partial charge in [-0.1, -0.05) is 11.2 Å². The lowest BCUT2D eigenvalue weighted by Crippen LogP contribution is -2.28. The molecule has 1 N–H and O–H groups in total. The first-order valence-electron chi connectivity index (χ1n) is 6.71. The van der Waals surface area contributed by atoms with Crippen LogP contribution in [0.2, 0.25) is 0 Å². The number of ether oxygens (including phenoxy) is 1. The number of hydrogen-bond donors (Lipinski definition) is 1. The van der Waals surface area contributed by atoms with Crippen LogP contribution in [0.4, 0.5) is 10.1 Å². The third kappa shape index (κ3) is 2.83. The Labute approximate surface area is 125 Å². The van der Waals surface area contributed by atoms with Gasteiger partial charge < -0.3 is 14.6 Å². The average molecular weight is 304 g/mol. The van der Waals surface area contributed by atoms with E-state index in [1.807, 2.05) is 0 Å². The minimum atomic E-state index is -0.756. The molecule has 1 aromatic heterocycles. The van der Waals surface area contributed by atoms with Gasteiger partial charge >= 0.3 is 5.97 Å². The van der Waals surface area contributed by atoms with Crippen LogP contribution in [0.1, 0.15) is 29.4 Å². The molecule has 0 radical (unpaired) electrons. The second kappa shape index (κ2) is 5.59. The number of hydrogen-bond acceptors (Lipinski definition) is 5. The van der Waals surface area contributed by atoms with Crippen LogP contribution in [-0.2, 0) is 20.9 Å². The maximum atomic E-state index is 13.2. The number of amides is 1. The molecule has 2 aromatic rings. The van der Waals surface area contributed by atoms with Crippen LogP contribution in [0.5, 0.6) is 0 Å². The summed E-state index contributed by atoms with van der Waals surface area (Å²) in [7, 11) is 0. The van der Waals surface area contributed by atoms with Crippen molar-refractivity contribution in [2.24, 2.45) is 0 Å². The number of nitrogens with one attached hydrogen (secondary N) is 1. The van der Waals surface area contributed by atoms with Crippen molar-refractivity contribution in [2.75, 3.05) is 5.32 Å². The molecule has 2 heterocycles. The Morgan fingerprint density at radius 1 is 1.50 bits per heavy atom. The van der Waals surface area contributed by atoms with Gasteiger partial charge in [-0.15, -0.1) is 0 Å². The minimum absolute atomic E-state index is 0.0348. The van der Waals surface area contributed by atoms with E-state index < -0.39 is 17.7 Å². The van der Waals surface area contributed by atoms with Crippen LogP contribution in [-0.4, -0.2) is 17.0 Å². The van der Waals surface area contributed by atoms with Gasteiger partial charge in [0.05, 0.1) is 11.6 Å². The van der Waals surface area contributed by atoms with Crippen molar-refractivity contribution in [3.63, 3.8) is 0 Å². The highest BCUT2D eigenvalue weighted by molar-refractivity contribution is 5.99. The lowest BCUT2D eigenvalue weighted by atomic mass is 9.90. The monoisotopic (exact) mass is 304 g/mol. The zero-order valence-electron chi connectivity index (χ0n) is 11.8. The van der Waals surface area contributed by atoms with Crippen molar-refractivity contribution in [1.82, 2.24) is 5.16 Å². The summed E-state index contributed by atoms with van der Waals surface area (Å²) in [5.41, 5.74) is 1.53. The van der Waals surface area contributed by atoms with Crippen LogP contribution in [0, 0.1) is 12.7 Å². The summed E-state index contributed by atoms with van der Waals surface area (Å²) in [6, 6.07) is 5.57. The Morgan fingerprint density at radius 2 is 2.32 bits per heavy atom. The van der Waals surface area contributed by atoms with Gasteiger partial charge in [-0.25, -0.2) is 4.39 Å². The summed E-state index contributed by atoms with van der Waals surface area (Å²) in [6.45, 7) is 1.69. The zero-order valence-corrected chi connectivity index (χ0v) is 11.8. The van der Waals surface area contributed by atoms with E-state index in [2.05, 4.69) is 10.5 Å². The first-order valence-corrected chi connectivity index (χ1v) is 6.71. The standard InChI is InChI=1S/C15H13FN2O4/c1-8-4-10(22-18-8)7-21-15(20)12-6-14(19)17-13-5-9(16)2-3-11(12)13/h2-5,12H,6-7H2,1H3,(H,17,19). The van der Waals surface area contributed by atoms with Crippen LogP contribution in [0.25, 0.3) is 0 Å².